The van der Waals surface area contributed by atoms with Crippen LogP contribution in [0.1, 0.15) is 47.5 Å². The van der Waals surface area contributed by atoms with E-state index in [0.29, 0.717) is 12.5 Å². The van der Waals surface area contributed by atoms with Crippen molar-refractivity contribution in [1.29, 1.82) is 0 Å². The zero-order valence-electron chi connectivity index (χ0n) is 12.4. The highest BCUT2D eigenvalue weighted by Crippen LogP contribution is 2.42. The van der Waals surface area contributed by atoms with E-state index in [0.717, 1.165) is 19.6 Å². The van der Waals surface area contributed by atoms with Gasteiger partial charge in [-0.15, -0.1) is 0 Å². The topological polar surface area (TPSA) is 50.4 Å². The fourth-order valence-electron chi connectivity index (χ4n) is 2.36. The molecule has 1 amide bonds. The minimum Gasteiger partial charge on any atom is -0.378 e. The van der Waals surface area contributed by atoms with Crippen LogP contribution < -0.4 is 10.6 Å². The summed E-state index contributed by atoms with van der Waals surface area (Å²) in [6.07, 6.45) is 1.76. The summed E-state index contributed by atoms with van der Waals surface area (Å²) in [5, 5.41) is 6.36. The van der Waals surface area contributed by atoms with Crippen molar-refractivity contribution in [3.05, 3.63) is 0 Å². The average Bonchev–Trinajstić information content (AvgIpc) is 2.27. The van der Waals surface area contributed by atoms with Gasteiger partial charge < -0.3 is 15.4 Å². The van der Waals surface area contributed by atoms with Crippen LogP contribution >= 0.6 is 0 Å². The molecular formula is C14H28N2O2. The molecule has 0 bridgehead atoms. The van der Waals surface area contributed by atoms with Crippen molar-refractivity contribution in [3.8, 4) is 0 Å². The van der Waals surface area contributed by atoms with Gasteiger partial charge in [0.1, 0.15) is 0 Å². The van der Waals surface area contributed by atoms with Crippen molar-refractivity contribution in [3.63, 3.8) is 0 Å². The second kappa shape index (κ2) is 6.53. The van der Waals surface area contributed by atoms with Crippen molar-refractivity contribution in [2.45, 2.75) is 65.6 Å². The van der Waals surface area contributed by atoms with E-state index in [1.165, 1.54) is 0 Å². The summed E-state index contributed by atoms with van der Waals surface area (Å²) >= 11 is 0. The number of amides is 1. The third kappa shape index (κ3) is 3.95. The Balaban J connectivity index is 2.25. The number of nitrogens with one attached hydrogen (secondary N) is 2. The Bertz CT molecular complexity index is 277. The quantitative estimate of drug-likeness (QED) is 0.729. The first-order valence-corrected chi connectivity index (χ1v) is 7.02. The van der Waals surface area contributed by atoms with Crippen LogP contribution in [0.5, 0.6) is 0 Å². The van der Waals surface area contributed by atoms with Gasteiger partial charge in [-0.2, -0.15) is 0 Å². The highest BCUT2D eigenvalue weighted by atomic mass is 16.5. The number of hydrogen-bond donors (Lipinski definition) is 2. The van der Waals surface area contributed by atoms with Gasteiger partial charge in [0.25, 0.3) is 0 Å². The maximum atomic E-state index is 11.8. The maximum absolute atomic E-state index is 11.8. The minimum absolute atomic E-state index is 0.0527. The molecule has 0 aromatic carbocycles. The van der Waals surface area contributed by atoms with Gasteiger partial charge in [0.2, 0.25) is 5.91 Å². The van der Waals surface area contributed by atoms with Gasteiger partial charge in [0.15, 0.2) is 0 Å². The second-order valence-corrected chi connectivity index (χ2v) is 5.98. The van der Waals surface area contributed by atoms with Crippen LogP contribution in [0.25, 0.3) is 0 Å². The van der Waals surface area contributed by atoms with Crippen molar-refractivity contribution in [2.24, 2.45) is 5.41 Å². The van der Waals surface area contributed by atoms with Gasteiger partial charge in [-0.3, -0.25) is 4.79 Å². The lowest BCUT2D eigenvalue weighted by molar-refractivity contribution is -0.136. The zero-order chi connectivity index (χ0) is 13.8. The lowest BCUT2D eigenvalue weighted by Crippen LogP contribution is -2.62. The van der Waals surface area contributed by atoms with Crippen molar-refractivity contribution in [2.75, 3.05) is 13.2 Å². The number of hydrogen-bond acceptors (Lipinski definition) is 3. The smallest absolute Gasteiger partial charge is 0.221 e. The Kier molecular flexibility index (Phi) is 5.60. The molecule has 0 heterocycles. The number of rotatable bonds is 7. The third-order valence-corrected chi connectivity index (χ3v) is 3.79. The van der Waals surface area contributed by atoms with E-state index in [4.69, 9.17) is 4.74 Å². The number of ether oxygens (including phenoxy) is 1. The van der Waals surface area contributed by atoms with Gasteiger partial charge in [0, 0.05) is 37.1 Å². The molecule has 0 saturated heterocycles. The Labute approximate surface area is 111 Å². The van der Waals surface area contributed by atoms with Crippen molar-refractivity contribution >= 4 is 5.91 Å². The Morgan fingerprint density at radius 3 is 2.61 bits per heavy atom. The molecule has 0 aliphatic heterocycles. The van der Waals surface area contributed by atoms with Crippen LogP contribution in [0.3, 0.4) is 0 Å². The van der Waals surface area contributed by atoms with E-state index in [-0.39, 0.29) is 23.5 Å². The van der Waals surface area contributed by atoms with E-state index in [1.807, 2.05) is 6.92 Å². The van der Waals surface area contributed by atoms with Crippen LogP contribution in [0.15, 0.2) is 0 Å². The third-order valence-electron chi connectivity index (χ3n) is 3.79. The standard InChI is InChI=1S/C14H28N2O2/c1-6-18-12-9-11(14(12,4)5)16-13(17)7-8-15-10(2)3/h10-12,15H,6-9H2,1-5H3,(H,16,17). The molecule has 0 spiro atoms. The molecule has 1 aliphatic carbocycles. The van der Waals surface area contributed by atoms with Gasteiger partial charge in [-0.25, -0.2) is 0 Å². The van der Waals surface area contributed by atoms with Crippen molar-refractivity contribution in [1.82, 2.24) is 10.6 Å². The van der Waals surface area contributed by atoms with Gasteiger partial charge >= 0.3 is 0 Å². The summed E-state index contributed by atoms with van der Waals surface area (Å²) < 4.78 is 5.65. The lowest BCUT2D eigenvalue weighted by atomic mass is 9.64. The monoisotopic (exact) mass is 256 g/mol. The summed E-state index contributed by atoms with van der Waals surface area (Å²) in [5.74, 6) is 0.135. The fraction of sp³-hybridized carbons (Fsp3) is 0.929. The molecule has 106 valence electrons. The Morgan fingerprint density at radius 1 is 1.44 bits per heavy atom. The molecule has 4 nitrogen and oxygen atoms in total. The first-order chi connectivity index (χ1) is 8.37. The average molecular weight is 256 g/mol. The van der Waals surface area contributed by atoms with E-state index >= 15 is 0 Å². The summed E-state index contributed by atoms with van der Waals surface area (Å²) in [5.41, 5.74) is 0.0527. The van der Waals surface area contributed by atoms with Gasteiger partial charge in [0.05, 0.1) is 6.10 Å². The predicted molar refractivity (Wildman–Crippen MR) is 73.5 cm³/mol. The molecule has 4 heteroatoms. The van der Waals surface area contributed by atoms with Crippen LogP contribution in [0, 0.1) is 5.41 Å². The summed E-state index contributed by atoms with van der Waals surface area (Å²) in [6.45, 7) is 12.0. The molecule has 1 saturated carbocycles. The first-order valence-electron chi connectivity index (χ1n) is 7.02. The van der Waals surface area contributed by atoms with Gasteiger partial charge in [-0.1, -0.05) is 27.7 Å². The number of carbonyl (C=O) groups is 1. The molecule has 2 atom stereocenters. The normalized spacial score (nSPS) is 25.9. The summed E-state index contributed by atoms with van der Waals surface area (Å²) in [7, 11) is 0. The molecule has 18 heavy (non-hydrogen) atoms. The highest BCUT2D eigenvalue weighted by Gasteiger charge is 2.49. The minimum atomic E-state index is 0.0527. The van der Waals surface area contributed by atoms with Crippen LogP contribution in [0.2, 0.25) is 0 Å². The van der Waals surface area contributed by atoms with Crippen LogP contribution in [-0.4, -0.2) is 37.2 Å². The molecular weight excluding hydrogens is 228 g/mol. The van der Waals surface area contributed by atoms with E-state index < -0.39 is 0 Å². The lowest BCUT2D eigenvalue weighted by Gasteiger charge is -2.51. The Morgan fingerprint density at radius 2 is 2.11 bits per heavy atom. The van der Waals surface area contributed by atoms with Gasteiger partial charge in [-0.05, 0) is 13.3 Å². The second-order valence-electron chi connectivity index (χ2n) is 5.98. The highest BCUT2D eigenvalue weighted by molar-refractivity contribution is 5.76. The number of carbonyl (C=O) groups excluding carboxylic acids is 1. The van der Waals surface area contributed by atoms with E-state index in [2.05, 4.69) is 38.3 Å². The van der Waals surface area contributed by atoms with E-state index in [9.17, 15) is 4.79 Å². The first kappa shape index (κ1) is 15.4. The van der Waals surface area contributed by atoms with Crippen molar-refractivity contribution < 1.29 is 9.53 Å². The molecule has 1 rings (SSSR count). The fourth-order valence-corrected chi connectivity index (χ4v) is 2.36. The molecule has 0 aromatic rings. The molecule has 0 aromatic heterocycles. The van der Waals surface area contributed by atoms with Crippen LogP contribution in [0.4, 0.5) is 0 Å². The molecule has 2 N–H and O–H groups in total. The van der Waals surface area contributed by atoms with Crippen LogP contribution in [-0.2, 0) is 9.53 Å². The largest absolute Gasteiger partial charge is 0.378 e. The zero-order valence-corrected chi connectivity index (χ0v) is 12.4. The maximum Gasteiger partial charge on any atom is 0.221 e. The SMILES string of the molecule is CCOC1CC(NC(=O)CCNC(C)C)C1(C)C. The van der Waals surface area contributed by atoms with E-state index in [1.54, 1.807) is 0 Å². The molecule has 1 fully saturated rings. The predicted octanol–water partition coefficient (Wildman–Crippen LogP) is 1.69. The summed E-state index contributed by atoms with van der Waals surface area (Å²) in [4.78, 5) is 11.8. The Hall–Kier alpha value is -0.610. The molecule has 0 radical (unpaired) electrons. The molecule has 2 unspecified atom stereocenters. The summed E-state index contributed by atoms with van der Waals surface area (Å²) in [6, 6.07) is 0.681. The molecule has 1 aliphatic rings.